The molecule has 8 heteroatoms. The molecule has 0 atom stereocenters. The lowest BCUT2D eigenvalue weighted by Gasteiger charge is -2.11. The Hall–Kier alpha value is -3.26. The molecule has 0 fully saturated rings. The van der Waals surface area contributed by atoms with Gasteiger partial charge >= 0.3 is 0 Å². The maximum Gasteiger partial charge on any atom is 0.262 e. The minimum Gasteiger partial charge on any atom is -0.308 e. The highest BCUT2D eigenvalue weighted by molar-refractivity contribution is 7.13. The van der Waals surface area contributed by atoms with Crippen LogP contribution in [0, 0.1) is 5.82 Å². The molecule has 4 rings (SSSR count). The molecule has 124 valence electrons. The average Bonchev–Trinajstić information content (AvgIpc) is 3.36. The first-order valence-corrected chi connectivity index (χ1v) is 8.29. The summed E-state index contributed by atoms with van der Waals surface area (Å²) in [5, 5.41) is 9.22. The van der Waals surface area contributed by atoms with Crippen LogP contribution in [0.25, 0.3) is 11.5 Å². The van der Waals surface area contributed by atoms with E-state index in [0.29, 0.717) is 16.5 Å². The first-order chi connectivity index (χ1) is 12.2. The van der Waals surface area contributed by atoms with E-state index in [1.807, 2.05) is 12.1 Å². The van der Waals surface area contributed by atoms with Gasteiger partial charge in [0.2, 0.25) is 0 Å². The number of carbonyl (C=O) groups excluding carboxylic acids is 1. The summed E-state index contributed by atoms with van der Waals surface area (Å²) in [4.78, 5) is 16.7. The number of benzene rings is 1. The van der Waals surface area contributed by atoms with Crippen molar-refractivity contribution in [3.05, 3.63) is 77.9 Å². The fraction of sp³-hybridized carbons (Fsp3) is 0. The number of halogens is 1. The third-order valence-corrected chi connectivity index (χ3v) is 4.26. The van der Waals surface area contributed by atoms with Crippen LogP contribution in [0.4, 0.5) is 9.52 Å². The quantitative estimate of drug-likeness (QED) is 0.611. The summed E-state index contributed by atoms with van der Waals surface area (Å²) in [6.45, 7) is 0. The Morgan fingerprint density at radius 2 is 1.96 bits per heavy atom. The second kappa shape index (κ2) is 6.33. The number of carbonyl (C=O) groups is 1. The molecule has 0 aliphatic heterocycles. The Morgan fingerprint density at radius 3 is 2.68 bits per heavy atom. The van der Waals surface area contributed by atoms with E-state index in [2.05, 4.69) is 15.4 Å². The van der Waals surface area contributed by atoms with Gasteiger partial charge in [0.15, 0.2) is 10.9 Å². The van der Waals surface area contributed by atoms with Crippen LogP contribution in [-0.4, -0.2) is 25.2 Å². The lowest BCUT2D eigenvalue weighted by molar-refractivity contribution is 0.102. The molecule has 0 radical (unpaired) electrons. The monoisotopic (exact) mass is 353 g/mol. The molecule has 0 spiro atoms. The molecule has 1 aromatic carbocycles. The summed E-state index contributed by atoms with van der Waals surface area (Å²) in [7, 11) is 0. The van der Waals surface area contributed by atoms with Gasteiger partial charge in [0.1, 0.15) is 17.1 Å². The molecule has 4 aromatic rings. The largest absolute Gasteiger partial charge is 0.308 e. The minimum atomic E-state index is -0.425. The van der Waals surface area contributed by atoms with E-state index in [4.69, 9.17) is 0 Å². The van der Waals surface area contributed by atoms with Crippen molar-refractivity contribution < 1.29 is 9.18 Å². The molecule has 6 nitrogen and oxygen atoms in total. The van der Waals surface area contributed by atoms with Crippen LogP contribution in [0.15, 0.2) is 66.6 Å². The van der Waals surface area contributed by atoms with Crippen molar-refractivity contribution in [3.63, 3.8) is 0 Å². The van der Waals surface area contributed by atoms with Crippen molar-refractivity contribution in [2.75, 3.05) is 5.32 Å². The first kappa shape index (κ1) is 15.3. The Labute approximate surface area is 146 Å². The van der Waals surface area contributed by atoms with Gasteiger partial charge in [-0.15, -0.1) is 11.3 Å². The van der Waals surface area contributed by atoms with Crippen LogP contribution in [0.2, 0.25) is 0 Å². The number of para-hydroxylation sites is 1. The number of rotatable bonds is 4. The molecular weight excluding hydrogens is 341 g/mol. The van der Waals surface area contributed by atoms with Gasteiger partial charge < -0.3 is 4.57 Å². The third-order valence-electron chi connectivity index (χ3n) is 3.57. The SMILES string of the molecule is O=C(Nc1nccs1)c1cnn(-c2ccccc2F)c1-n1cccc1. The standard InChI is InChI=1S/C17H12FN5OS/c18-13-5-1-2-6-14(13)23-16(22-8-3-4-9-22)12(11-20-23)15(24)21-17-19-7-10-25-17/h1-11H,(H,19,21,24). The molecule has 1 N–H and O–H groups in total. The van der Waals surface area contributed by atoms with Crippen molar-refractivity contribution in [1.82, 2.24) is 19.3 Å². The third kappa shape index (κ3) is 2.83. The van der Waals surface area contributed by atoms with E-state index < -0.39 is 5.82 Å². The lowest BCUT2D eigenvalue weighted by Crippen LogP contribution is -2.15. The Morgan fingerprint density at radius 1 is 1.16 bits per heavy atom. The molecule has 1 amide bonds. The van der Waals surface area contributed by atoms with Gasteiger partial charge in [-0.3, -0.25) is 10.1 Å². The summed E-state index contributed by atoms with van der Waals surface area (Å²) < 4.78 is 17.4. The van der Waals surface area contributed by atoms with Crippen LogP contribution in [0.5, 0.6) is 0 Å². The normalized spacial score (nSPS) is 10.8. The maximum absolute atomic E-state index is 14.2. The number of nitrogens with one attached hydrogen (secondary N) is 1. The van der Waals surface area contributed by atoms with Crippen LogP contribution in [-0.2, 0) is 0 Å². The van der Waals surface area contributed by atoms with E-state index in [1.54, 1.807) is 46.7 Å². The number of hydrogen-bond acceptors (Lipinski definition) is 4. The second-order valence-electron chi connectivity index (χ2n) is 5.13. The van der Waals surface area contributed by atoms with Crippen molar-refractivity contribution in [2.45, 2.75) is 0 Å². The van der Waals surface area contributed by atoms with Crippen molar-refractivity contribution in [2.24, 2.45) is 0 Å². The molecule has 3 heterocycles. The fourth-order valence-corrected chi connectivity index (χ4v) is 3.00. The molecule has 0 saturated heterocycles. The van der Waals surface area contributed by atoms with Crippen LogP contribution >= 0.6 is 11.3 Å². The highest BCUT2D eigenvalue weighted by Gasteiger charge is 2.21. The zero-order valence-electron chi connectivity index (χ0n) is 12.8. The Bertz CT molecular complexity index is 1010. The van der Waals surface area contributed by atoms with Crippen LogP contribution < -0.4 is 5.32 Å². The zero-order valence-corrected chi connectivity index (χ0v) is 13.7. The van der Waals surface area contributed by atoms with Crippen molar-refractivity contribution in [3.8, 4) is 11.5 Å². The average molecular weight is 353 g/mol. The second-order valence-corrected chi connectivity index (χ2v) is 6.02. The molecule has 0 saturated carbocycles. The molecule has 3 aromatic heterocycles. The van der Waals surface area contributed by atoms with Gasteiger partial charge in [0.25, 0.3) is 5.91 Å². The predicted octanol–water partition coefficient (Wildman–Crippen LogP) is 3.51. The molecular formula is C17H12FN5OS. The summed E-state index contributed by atoms with van der Waals surface area (Å²) in [5.74, 6) is -0.337. The number of aromatic nitrogens is 4. The number of hydrogen-bond donors (Lipinski definition) is 1. The summed E-state index contributed by atoms with van der Waals surface area (Å²) >= 11 is 1.32. The van der Waals surface area contributed by atoms with E-state index in [1.165, 1.54) is 28.3 Å². The summed E-state index contributed by atoms with van der Waals surface area (Å²) in [5.41, 5.74) is 0.578. The maximum atomic E-state index is 14.2. The molecule has 0 aliphatic rings. The topological polar surface area (TPSA) is 64.7 Å². The highest BCUT2D eigenvalue weighted by atomic mass is 32.1. The van der Waals surface area contributed by atoms with Gasteiger partial charge in [-0.2, -0.15) is 5.10 Å². The van der Waals surface area contributed by atoms with Crippen LogP contribution in [0.3, 0.4) is 0 Å². The smallest absolute Gasteiger partial charge is 0.262 e. The van der Waals surface area contributed by atoms with Gasteiger partial charge in [-0.25, -0.2) is 14.1 Å². The summed E-state index contributed by atoms with van der Waals surface area (Å²) in [6, 6.07) is 9.93. The fourth-order valence-electron chi connectivity index (χ4n) is 2.48. The Kier molecular flexibility index (Phi) is 3.87. The molecule has 25 heavy (non-hydrogen) atoms. The van der Waals surface area contributed by atoms with Gasteiger partial charge in [0, 0.05) is 24.0 Å². The summed E-state index contributed by atoms with van der Waals surface area (Å²) in [6.07, 6.45) is 6.57. The van der Waals surface area contributed by atoms with E-state index in [9.17, 15) is 9.18 Å². The predicted molar refractivity (Wildman–Crippen MR) is 92.9 cm³/mol. The van der Waals surface area contributed by atoms with Gasteiger partial charge in [0.05, 0.1) is 6.20 Å². The van der Waals surface area contributed by atoms with E-state index in [-0.39, 0.29) is 11.6 Å². The van der Waals surface area contributed by atoms with E-state index in [0.717, 1.165) is 0 Å². The number of amides is 1. The zero-order chi connectivity index (χ0) is 17.2. The minimum absolute atomic E-state index is 0.263. The number of anilines is 1. The van der Waals surface area contributed by atoms with Gasteiger partial charge in [-0.1, -0.05) is 12.1 Å². The van der Waals surface area contributed by atoms with E-state index >= 15 is 0 Å². The Balaban J connectivity index is 1.83. The first-order valence-electron chi connectivity index (χ1n) is 7.41. The number of nitrogens with zero attached hydrogens (tertiary/aromatic N) is 4. The van der Waals surface area contributed by atoms with Gasteiger partial charge in [-0.05, 0) is 24.3 Å². The van der Waals surface area contributed by atoms with Crippen molar-refractivity contribution in [1.29, 1.82) is 0 Å². The molecule has 0 bridgehead atoms. The molecule has 0 unspecified atom stereocenters. The lowest BCUT2D eigenvalue weighted by atomic mass is 10.2. The van der Waals surface area contributed by atoms with Crippen LogP contribution in [0.1, 0.15) is 10.4 Å². The van der Waals surface area contributed by atoms with Crippen molar-refractivity contribution >= 4 is 22.4 Å². The number of thiazole rings is 1. The molecule has 0 aliphatic carbocycles. The highest BCUT2D eigenvalue weighted by Crippen LogP contribution is 2.23.